The summed E-state index contributed by atoms with van der Waals surface area (Å²) in [6, 6.07) is 9.94. The Labute approximate surface area is 166 Å². The molecule has 0 bridgehead atoms. The molecule has 2 heterocycles. The highest BCUT2D eigenvalue weighted by molar-refractivity contribution is 5.88. The summed E-state index contributed by atoms with van der Waals surface area (Å²) in [7, 11) is 0. The Balaban J connectivity index is 1.60. The van der Waals surface area contributed by atoms with Crippen molar-refractivity contribution in [1.29, 1.82) is 0 Å². The Kier molecular flexibility index (Phi) is 5.02. The van der Waals surface area contributed by atoms with Crippen molar-refractivity contribution in [3.05, 3.63) is 53.3 Å². The first-order valence-electron chi connectivity index (χ1n) is 9.26. The van der Waals surface area contributed by atoms with Crippen LogP contribution in [0.5, 0.6) is 0 Å². The van der Waals surface area contributed by atoms with Gasteiger partial charge >= 0.3 is 5.97 Å². The van der Waals surface area contributed by atoms with Gasteiger partial charge in [-0.3, -0.25) is 0 Å². The van der Waals surface area contributed by atoms with Gasteiger partial charge in [-0.2, -0.15) is 4.98 Å². The van der Waals surface area contributed by atoms with Crippen molar-refractivity contribution in [2.24, 2.45) is 0 Å². The molecule has 8 heteroatoms. The van der Waals surface area contributed by atoms with E-state index in [1.54, 1.807) is 0 Å². The van der Waals surface area contributed by atoms with E-state index in [2.05, 4.69) is 22.0 Å². The number of aromatic carboxylic acids is 1. The van der Waals surface area contributed by atoms with Crippen molar-refractivity contribution < 1.29 is 23.6 Å². The Morgan fingerprint density at radius 2 is 2.03 bits per heavy atom. The number of carboxylic acids is 1. The number of hydrogen-bond acceptors (Lipinski definition) is 6. The molecule has 0 amide bonds. The molecule has 1 saturated heterocycles. The second kappa shape index (κ2) is 7.63. The van der Waals surface area contributed by atoms with E-state index < -0.39 is 17.3 Å². The Hall–Kier alpha value is -3.26. The van der Waals surface area contributed by atoms with Crippen LogP contribution in [0.25, 0.3) is 22.8 Å². The molecule has 1 N–H and O–H groups in total. The number of benzene rings is 2. The SMILES string of the molecule is Cc1cc(-c2nc(-c3ccc(C(=O)O)c(F)c3)no2)ccc1N1CCOCC1C. The van der Waals surface area contributed by atoms with E-state index in [1.165, 1.54) is 12.1 Å². The first-order chi connectivity index (χ1) is 13.9. The zero-order valence-corrected chi connectivity index (χ0v) is 16.1. The fraction of sp³-hybridized carbons (Fsp3) is 0.286. The molecular weight excluding hydrogens is 377 g/mol. The highest BCUT2D eigenvalue weighted by Crippen LogP contribution is 2.30. The third-order valence-electron chi connectivity index (χ3n) is 5.00. The molecule has 4 rings (SSSR count). The Morgan fingerprint density at radius 1 is 1.24 bits per heavy atom. The van der Waals surface area contributed by atoms with Gasteiger partial charge in [-0.05, 0) is 55.8 Å². The van der Waals surface area contributed by atoms with Gasteiger partial charge in [0.1, 0.15) is 5.82 Å². The number of halogens is 1. The lowest BCUT2D eigenvalue weighted by Crippen LogP contribution is -2.44. The van der Waals surface area contributed by atoms with Crippen molar-refractivity contribution in [2.45, 2.75) is 19.9 Å². The van der Waals surface area contributed by atoms with Crippen molar-refractivity contribution in [1.82, 2.24) is 10.1 Å². The molecule has 7 nitrogen and oxygen atoms in total. The van der Waals surface area contributed by atoms with Crippen molar-refractivity contribution >= 4 is 11.7 Å². The molecule has 0 radical (unpaired) electrons. The van der Waals surface area contributed by atoms with Crippen LogP contribution in [0.15, 0.2) is 40.9 Å². The van der Waals surface area contributed by atoms with Gasteiger partial charge in [-0.15, -0.1) is 0 Å². The van der Waals surface area contributed by atoms with E-state index in [1.807, 2.05) is 25.1 Å². The van der Waals surface area contributed by atoms with Crippen molar-refractivity contribution in [3.8, 4) is 22.8 Å². The largest absolute Gasteiger partial charge is 0.478 e. The van der Waals surface area contributed by atoms with Gasteiger partial charge in [-0.1, -0.05) is 5.16 Å². The minimum Gasteiger partial charge on any atom is -0.478 e. The van der Waals surface area contributed by atoms with Gasteiger partial charge < -0.3 is 19.3 Å². The molecule has 1 atom stereocenters. The molecule has 1 unspecified atom stereocenters. The molecule has 1 aliphatic heterocycles. The third-order valence-corrected chi connectivity index (χ3v) is 5.00. The molecule has 1 aliphatic rings. The number of nitrogens with zero attached hydrogens (tertiary/aromatic N) is 3. The van der Waals surface area contributed by atoms with Crippen LogP contribution in [-0.2, 0) is 4.74 Å². The summed E-state index contributed by atoms with van der Waals surface area (Å²) in [5, 5.41) is 12.8. The second-order valence-electron chi connectivity index (χ2n) is 7.04. The first-order valence-corrected chi connectivity index (χ1v) is 9.26. The van der Waals surface area contributed by atoms with Gasteiger partial charge in [0, 0.05) is 29.4 Å². The number of carbonyl (C=O) groups is 1. The average molecular weight is 397 g/mol. The molecule has 1 aromatic heterocycles. The number of ether oxygens (including phenoxy) is 1. The maximum atomic E-state index is 13.9. The summed E-state index contributed by atoms with van der Waals surface area (Å²) in [5.74, 6) is -1.67. The smallest absolute Gasteiger partial charge is 0.338 e. The molecule has 3 aromatic rings. The molecule has 1 fully saturated rings. The van der Waals surface area contributed by atoms with E-state index >= 15 is 0 Å². The zero-order valence-electron chi connectivity index (χ0n) is 16.1. The van der Waals surface area contributed by atoms with Crippen LogP contribution in [-0.4, -0.2) is 47.0 Å². The van der Waals surface area contributed by atoms with Crippen LogP contribution in [0.3, 0.4) is 0 Å². The zero-order chi connectivity index (χ0) is 20.5. The Morgan fingerprint density at radius 3 is 2.72 bits per heavy atom. The number of aromatic nitrogens is 2. The summed E-state index contributed by atoms with van der Waals surface area (Å²) >= 11 is 0. The molecule has 29 heavy (non-hydrogen) atoms. The predicted octanol–water partition coefficient (Wildman–Crippen LogP) is 3.77. The van der Waals surface area contributed by atoms with Crippen LogP contribution in [0, 0.1) is 12.7 Å². The van der Waals surface area contributed by atoms with Crippen LogP contribution in [0.1, 0.15) is 22.8 Å². The van der Waals surface area contributed by atoms with E-state index in [-0.39, 0.29) is 5.82 Å². The topological polar surface area (TPSA) is 88.7 Å². The number of carboxylic acid groups (broad SMARTS) is 1. The molecule has 150 valence electrons. The third kappa shape index (κ3) is 3.71. The number of rotatable bonds is 4. The summed E-state index contributed by atoms with van der Waals surface area (Å²) in [6.07, 6.45) is 0. The maximum absolute atomic E-state index is 13.9. The molecule has 0 saturated carbocycles. The lowest BCUT2D eigenvalue weighted by Gasteiger charge is -2.36. The van der Waals surface area contributed by atoms with Crippen LogP contribution >= 0.6 is 0 Å². The van der Waals surface area contributed by atoms with Crippen molar-refractivity contribution in [3.63, 3.8) is 0 Å². The van der Waals surface area contributed by atoms with Gasteiger partial charge in [0.15, 0.2) is 0 Å². The highest BCUT2D eigenvalue weighted by atomic mass is 19.1. The summed E-state index contributed by atoms with van der Waals surface area (Å²) in [5.41, 5.74) is 2.91. The maximum Gasteiger partial charge on any atom is 0.338 e. The number of hydrogen-bond donors (Lipinski definition) is 1. The fourth-order valence-electron chi connectivity index (χ4n) is 3.48. The average Bonchev–Trinajstić information content (AvgIpc) is 3.18. The molecule has 2 aromatic carbocycles. The number of aryl methyl sites for hydroxylation is 1. The number of morpholine rings is 1. The second-order valence-corrected chi connectivity index (χ2v) is 7.04. The van der Waals surface area contributed by atoms with Gasteiger partial charge in [-0.25, -0.2) is 9.18 Å². The highest BCUT2D eigenvalue weighted by Gasteiger charge is 2.21. The van der Waals surface area contributed by atoms with E-state index in [9.17, 15) is 9.18 Å². The van der Waals surface area contributed by atoms with Gasteiger partial charge in [0.05, 0.1) is 18.8 Å². The van der Waals surface area contributed by atoms with Crippen molar-refractivity contribution in [2.75, 3.05) is 24.7 Å². The normalized spacial score (nSPS) is 16.8. The van der Waals surface area contributed by atoms with Gasteiger partial charge in [0.2, 0.25) is 5.82 Å². The van der Waals surface area contributed by atoms with E-state index in [0.717, 1.165) is 29.4 Å². The standard InChI is InChI=1S/C21H20FN3O4/c1-12-9-15(4-6-18(12)25-7-8-28-11-13(25)2)20-23-19(24-29-20)14-3-5-16(21(26)27)17(22)10-14/h3-6,9-10,13H,7-8,11H2,1-2H3,(H,26,27). The van der Waals surface area contributed by atoms with E-state index in [4.69, 9.17) is 14.4 Å². The van der Waals surface area contributed by atoms with Crippen LogP contribution < -0.4 is 4.90 Å². The summed E-state index contributed by atoms with van der Waals surface area (Å²) in [6.45, 7) is 6.40. The molecule has 0 aliphatic carbocycles. The minimum absolute atomic E-state index is 0.194. The first kappa shape index (κ1) is 19.1. The summed E-state index contributed by atoms with van der Waals surface area (Å²) in [4.78, 5) is 17.6. The Bertz CT molecular complexity index is 1070. The fourth-order valence-corrected chi connectivity index (χ4v) is 3.48. The van der Waals surface area contributed by atoms with Crippen LogP contribution in [0.4, 0.5) is 10.1 Å². The van der Waals surface area contributed by atoms with Crippen LogP contribution in [0.2, 0.25) is 0 Å². The summed E-state index contributed by atoms with van der Waals surface area (Å²) < 4.78 is 24.8. The monoisotopic (exact) mass is 397 g/mol. The molecule has 0 spiro atoms. The van der Waals surface area contributed by atoms with E-state index in [0.29, 0.717) is 30.7 Å². The lowest BCUT2D eigenvalue weighted by molar-refractivity contribution is 0.0692. The molecular formula is C21H20FN3O4. The lowest BCUT2D eigenvalue weighted by atomic mass is 10.1. The van der Waals surface area contributed by atoms with Gasteiger partial charge in [0.25, 0.3) is 5.89 Å². The predicted molar refractivity (Wildman–Crippen MR) is 104 cm³/mol. The number of anilines is 1. The minimum atomic E-state index is -1.33. The quantitative estimate of drug-likeness (QED) is 0.717.